The second kappa shape index (κ2) is 6.48. The molecule has 1 N–H and O–H groups in total. The number of aryl methyl sites for hydroxylation is 2. The smallest absolute Gasteiger partial charge is 0.337 e. The van der Waals surface area contributed by atoms with E-state index in [0.717, 1.165) is 20.7 Å². The lowest BCUT2D eigenvalue weighted by atomic mass is 10.1. The van der Waals surface area contributed by atoms with Crippen molar-refractivity contribution in [1.82, 2.24) is 13.5 Å². The molecule has 0 saturated heterocycles. The van der Waals surface area contributed by atoms with Crippen LogP contribution < -0.4 is 11.2 Å². The molecular weight excluding hydrogens is 374 g/mol. The third-order valence-electron chi connectivity index (χ3n) is 4.44. The first kappa shape index (κ1) is 18.5. The van der Waals surface area contributed by atoms with E-state index in [1.54, 1.807) is 0 Å². The van der Waals surface area contributed by atoms with Gasteiger partial charge in [-0.15, -0.1) is 11.3 Å². The first-order valence-corrected chi connectivity index (χ1v) is 9.66. The van der Waals surface area contributed by atoms with Crippen molar-refractivity contribution in [3.8, 4) is 0 Å². The number of carboxylic acid groups (broad SMARTS) is 1. The van der Waals surface area contributed by atoms with E-state index in [0.29, 0.717) is 16.1 Å². The van der Waals surface area contributed by atoms with Crippen LogP contribution in [0.4, 0.5) is 0 Å². The largest absolute Gasteiger partial charge is 0.478 e. The van der Waals surface area contributed by atoms with Gasteiger partial charge in [0.2, 0.25) is 0 Å². The highest BCUT2D eigenvalue weighted by Crippen LogP contribution is 2.33. The Hall–Kier alpha value is -2.26. The van der Waals surface area contributed by atoms with E-state index in [1.807, 2.05) is 27.7 Å². The van der Waals surface area contributed by atoms with Crippen molar-refractivity contribution in [1.29, 1.82) is 0 Å². The number of aromatic carboxylic acids is 1. The average Bonchev–Trinajstić information content (AvgIpc) is 3.08. The highest BCUT2D eigenvalue weighted by molar-refractivity contribution is 7.19. The normalized spacial score (nSPS) is 11.6. The van der Waals surface area contributed by atoms with Crippen LogP contribution in [0, 0.1) is 13.8 Å². The number of aromatic nitrogens is 3. The van der Waals surface area contributed by atoms with Crippen LogP contribution in [0.3, 0.4) is 0 Å². The maximum Gasteiger partial charge on any atom is 0.337 e. The molecular formula is C17H19N3O4S2. The first-order chi connectivity index (χ1) is 12.1. The number of nitrogens with zero attached hydrogens (tertiary/aromatic N) is 3. The molecule has 0 aromatic carbocycles. The standard InChI is InChI=1S/C17H19N3O4S2/c1-7(2)20-15-13(14(21)19(5)17(20)24)12(16(22)23)11(25-15)6-10-8(3)18-26-9(10)4/h7H,6H2,1-5H3,(H,22,23). The van der Waals surface area contributed by atoms with Crippen LogP contribution in [0.25, 0.3) is 10.2 Å². The molecule has 0 unspecified atom stereocenters. The Morgan fingerprint density at radius 2 is 1.92 bits per heavy atom. The van der Waals surface area contributed by atoms with E-state index in [-0.39, 0.29) is 17.0 Å². The Morgan fingerprint density at radius 1 is 1.27 bits per heavy atom. The molecule has 0 aliphatic rings. The van der Waals surface area contributed by atoms with Gasteiger partial charge in [0.1, 0.15) is 4.83 Å². The second-order valence-corrected chi connectivity index (χ2v) is 8.54. The highest BCUT2D eigenvalue weighted by atomic mass is 32.1. The summed E-state index contributed by atoms with van der Waals surface area (Å²) in [5.74, 6) is -1.16. The van der Waals surface area contributed by atoms with Crippen LogP contribution in [0.2, 0.25) is 0 Å². The van der Waals surface area contributed by atoms with Crippen LogP contribution in [-0.2, 0) is 13.5 Å². The molecule has 0 spiro atoms. The third-order valence-corrected chi connectivity index (χ3v) is 6.52. The molecule has 0 radical (unpaired) electrons. The fourth-order valence-corrected chi connectivity index (χ4v) is 5.19. The molecule has 0 amide bonds. The SMILES string of the molecule is Cc1nsc(C)c1Cc1sc2c(c1C(=O)O)c(=O)n(C)c(=O)n2C(C)C. The fraction of sp³-hybridized carbons (Fsp3) is 0.412. The lowest BCUT2D eigenvalue weighted by Crippen LogP contribution is -2.38. The molecule has 0 aliphatic carbocycles. The molecule has 3 rings (SSSR count). The van der Waals surface area contributed by atoms with Crippen molar-refractivity contribution in [3.05, 3.63) is 47.4 Å². The minimum Gasteiger partial charge on any atom is -0.478 e. The summed E-state index contributed by atoms with van der Waals surface area (Å²) in [4.78, 5) is 39.2. The van der Waals surface area contributed by atoms with Gasteiger partial charge in [-0.3, -0.25) is 13.9 Å². The van der Waals surface area contributed by atoms with Crippen LogP contribution in [0.5, 0.6) is 0 Å². The molecule has 3 aromatic heterocycles. The van der Waals surface area contributed by atoms with E-state index < -0.39 is 17.2 Å². The van der Waals surface area contributed by atoms with E-state index in [4.69, 9.17) is 0 Å². The van der Waals surface area contributed by atoms with Crippen molar-refractivity contribution in [2.24, 2.45) is 7.05 Å². The minimum atomic E-state index is -1.16. The van der Waals surface area contributed by atoms with Crippen LogP contribution in [0.1, 0.15) is 51.3 Å². The molecule has 0 bridgehead atoms. The summed E-state index contributed by atoms with van der Waals surface area (Å²) >= 11 is 2.58. The van der Waals surface area contributed by atoms with Gasteiger partial charge in [-0.05, 0) is 44.8 Å². The zero-order valence-electron chi connectivity index (χ0n) is 15.1. The Labute approximate surface area is 157 Å². The first-order valence-electron chi connectivity index (χ1n) is 8.07. The predicted octanol–water partition coefficient (Wildman–Crippen LogP) is 2.70. The van der Waals surface area contributed by atoms with Gasteiger partial charge in [-0.25, -0.2) is 9.59 Å². The van der Waals surface area contributed by atoms with Gasteiger partial charge in [-0.2, -0.15) is 4.37 Å². The Morgan fingerprint density at radius 3 is 2.42 bits per heavy atom. The van der Waals surface area contributed by atoms with Crippen molar-refractivity contribution in [2.75, 3.05) is 0 Å². The quantitative estimate of drug-likeness (QED) is 0.735. The van der Waals surface area contributed by atoms with Crippen molar-refractivity contribution in [3.63, 3.8) is 0 Å². The van der Waals surface area contributed by atoms with Crippen molar-refractivity contribution in [2.45, 2.75) is 40.2 Å². The molecule has 138 valence electrons. The van der Waals surface area contributed by atoms with Gasteiger partial charge in [0.15, 0.2) is 0 Å². The lowest BCUT2D eigenvalue weighted by Gasteiger charge is -2.12. The highest BCUT2D eigenvalue weighted by Gasteiger charge is 2.26. The van der Waals surface area contributed by atoms with E-state index in [9.17, 15) is 19.5 Å². The molecule has 3 heterocycles. The zero-order valence-corrected chi connectivity index (χ0v) is 16.7. The number of hydrogen-bond donors (Lipinski definition) is 1. The number of carbonyl (C=O) groups is 1. The Balaban J connectivity index is 2.42. The zero-order chi connectivity index (χ0) is 19.3. The molecule has 0 saturated carbocycles. The monoisotopic (exact) mass is 393 g/mol. The van der Waals surface area contributed by atoms with Crippen molar-refractivity contribution >= 4 is 39.1 Å². The number of carboxylic acids is 1. The summed E-state index contributed by atoms with van der Waals surface area (Å²) in [6.07, 6.45) is 0.380. The topological polar surface area (TPSA) is 94.2 Å². The maximum absolute atomic E-state index is 12.7. The molecule has 0 fully saturated rings. The van der Waals surface area contributed by atoms with Gasteiger partial charge < -0.3 is 5.11 Å². The summed E-state index contributed by atoms with van der Waals surface area (Å²) < 4.78 is 6.78. The van der Waals surface area contributed by atoms with E-state index in [2.05, 4.69) is 4.37 Å². The van der Waals surface area contributed by atoms with E-state index in [1.165, 1.54) is 34.5 Å². The van der Waals surface area contributed by atoms with Crippen LogP contribution >= 0.6 is 22.9 Å². The number of fused-ring (bicyclic) bond motifs is 1. The average molecular weight is 393 g/mol. The molecule has 0 atom stereocenters. The fourth-order valence-electron chi connectivity index (χ4n) is 3.06. The van der Waals surface area contributed by atoms with Gasteiger partial charge >= 0.3 is 11.7 Å². The molecule has 9 heteroatoms. The van der Waals surface area contributed by atoms with Gasteiger partial charge in [0.05, 0.1) is 16.6 Å². The second-order valence-electron chi connectivity index (χ2n) is 6.48. The lowest BCUT2D eigenvalue weighted by molar-refractivity contribution is 0.0698. The van der Waals surface area contributed by atoms with Crippen LogP contribution in [-0.4, -0.2) is 24.6 Å². The summed E-state index contributed by atoms with van der Waals surface area (Å²) in [6.45, 7) is 7.50. The number of rotatable bonds is 4. The molecule has 7 nitrogen and oxygen atoms in total. The molecule has 0 aliphatic heterocycles. The Kier molecular flexibility index (Phi) is 4.61. The number of hydrogen-bond acceptors (Lipinski definition) is 6. The summed E-state index contributed by atoms with van der Waals surface area (Å²) in [7, 11) is 1.38. The summed E-state index contributed by atoms with van der Waals surface area (Å²) in [6, 6.07) is -0.198. The van der Waals surface area contributed by atoms with Gasteiger partial charge in [0.25, 0.3) is 5.56 Å². The third kappa shape index (κ3) is 2.71. The van der Waals surface area contributed by atoms with Crippen molar-refractivity contribution < 1.29 is 9.90 Å². The number of thiophene rings is 1. The van der Waals surface area contributed by atoms with Gasteiger partial charge in [-0.1, -0.05) is 0 Å². The van der Waals surface area contributed by atoms with Gasteiger partial charge in [0, 0.05) is 29.3 Å². The van der Waals surface area contributed by atoms with E-state index >= 15 is 0 Å². The predicted molar refractivity (Wildman–Crippen MR) is 103 cm³/mol. The Bertz CT molecular complexity index is 1130. The maximum atomic E-state index is 12.7. The van der Waals surface area contributed by atoms with Crippen LogP contribution in [0.15, 0.2) is 9.59 Å². The summed E-state index contributed by atoms with van der Waals surface area (Å²) in [5, 5.41) is 9.90. The summed E-state index contributed by atoms with van der Waals surface area (Å²) in [5.41, 5.74) is 0.810. The molecule has 26 heavy (non-hydrogen) atoms. The minimum absolute atomic E-state index is 0.00926. The molecule has 3 aromatic rings.